The number of carbonyl (C=O) groups is 1. The molecular weight excluding hydrogens is 392 g/mol. The molecule has 2 saturated carbocycles. The highest BCUT2D eigenvalue weighted by Gasteiger charge is 2.43. The Balaban J connectivity index is 1.50. The van der Waals surface area contributed by atoms with Crippen molar-refractivity contribution in [2.75, 3.05) is 19.8 Å². The first kappa shape index (κ1) is 23.0. The number of Topliss-reactive ketones (excluding diaryl/α,β-unsaturated/α-hetero) is 1. The van der Waals surface area contributed by atoms with Crippen molar-refractivity contribution in [3.63, 3.8) is 0 Å². The van der Waals surface area contributed by atoms with Crippen molar-refractivity contribution in [1.82, 2.24) is 0 Å². The van der Waals surface area contributed by atoms with Gasteiger partial charge in [0, 0.05) is 12.8 Å². The lowest BCUT2D eigenvalue weighted by Gasteiger charge is -2.25. The van der Waals surface area contributed by atoms with Gasteiger partial charge in [-0.2, -0.15) is 0 Å². The van der Waals surface area contributed by atoms with E-state index in [1.165, 1.54) is 12.0 Å². The van der Waals surface area contributed by atoms with E-state index in [0.29, 0.717) is 49.3 Å². The summed E-state index contributed by atoms with van der Waals surface area (Å²) < 4.78 is 24.3. The van der Waals surface area contributed by atoms with Crippen molar-refractivity contribution in [2.45, 2.75) is 96.6 Å². The maximum atomic E-state index is 13.2. The third-order valence-corrected chi connectivity index (χ3v) is 7.34. The zero-order valence-electron chi connectivity index (χ0n) is 19.4. The second kappa shape index (κ2) is 11.1. The van der Waals surface area contributed by atoms with E-state index in [1.54, 1.807) is 0 Å². The molecule has 2 aliphatic carbocycles. The highest BCUT2D eigenvalue weighted by molar-refractivity contribution is 5.93. The summed E-state index contributed by atoms with van der Waals surface area (Å²) in [6.07, 6.45) is 14.2. The quantitative estimate of drug-likeness (QED) is 0.564. The van der Waals surface area contributed by atoms with E-state index in [4.69, 9.17) is 18.9 Å². The third-order valence-electron chi connectivity index (χ3n) is 7.34. The first-order chi connectivity index (χ1) is 15.1. The molecule has 2 aliphatic heterocycles. The maximum Gasteiger partial charge on any atom is 0.199 e. The lowest BCUT2D eigenvalue weighted by Crippen LogP contribution is -2.25. The van der Waals surface area contributed by atoms with Crippen LogP contribution < -0.4 is 0 Å². The summed E-state index contributed by atoms with van der Waals surface area (Å²) >= 11 is 0. The van der Waals surface area contributed by atoms with E-state index in [9.17, 15) is 4.79 Å². The van der Waals surface area contributed by atoms with E-state index in [-0.39, 0.29) is 18.2 Å². The van der Waals surface area contributed by atoms with E-state index >= 15 is 0 Å². The van der Waals surface area contributed by atoms with Crippen molar-refractivity contribution in [1.29, 1.82) is 0 Å². The Hall–Kier alpha value is -1.17. The second-order valence-electron chi connectivity index (χ2n) is 10.0. The first-order valence-electron chi connectivity index (χ1n) is 12.5. The van der Waals surface area contributed by atoms with Crippen molar-refractivity contribution in [2.24, 2.45) is 17.8 Å². The van der Waals surface area contributed by atoms with Crippen LogP contribution in [0.15, 0.2) is 23.5 Å². The summed E-state index contributed by atoms with van der Waals surface area (Å²) in [6, 6.07) is 0. The fourth-order valence-electron chi connectivity index (χ4n) is 5.85. The maximum absolute atomic E-state index is 13.2. The molecule has 31 heavy (non-hydrogen) atoms. The van der Waals surface area contributed by atoms with Gasteiger partial charge in [0.15, 0.2) is 17.8 Å². The SMILES string of the molecule is CC(C)=CC1CCCC(=O)C(OC2CCCCO2)=C[C@H]2CCC3CC(CC32)OCCO1. The van der Waals surface area contributed by atoms with E-state index in [2.05, 4.69) is 26.0 Å². The Morgan fingerprint density at radius 1 is 0.968 bits per heavy atom. The summed E-state index contributed by atoms with van der Waals surface area (Å²) in [5.74, 6) is 2.40. The molecule has 2 bridgehead atoms. The van der Waals surface area contributed by atoms with Crippen LogP contribution in [0.4, 0.5) is 0 Å². The predicted molar refractivity (Wildman–Crippen MR) is 119 cm³/mol. The van der Waals surface area contributed by atoms with Gasteiger partial charge in [0.25, 0.3) is 0 Å². The van der Waals surface area contributed by atoms with Crippen LogP contribution in [-0.4, -0.2) is 44.1 Å². The van der Waals surface area contributed by atoms with Gasteiger partial charge in [-0.1, -0.05) is 11.6 Å². The zero-order chi connectivity index (χ0) is 21.6. The molecule has 4 aliphatic rings. The summed E-state index contributed by atoms with van der Waals surface area (Å²) in [7, 11) is 0. The van der Waals surface area contributed by atoms with Crippen LogP contribution >= 0.6 is 0 Å². The molecule has 5 unspecified atom stereocenters. The van der Waals surface area contributed by atoms with Gasteiger partial charge >= 0.3 is 0 Å². The lowest BCUT2D eigenvalue weighted by atomic mass is 9.91. The van der Waals surface area contributed by atoms with Crippen molar-refractivity contribution in [3.8, 4) is 0 Å². The normalized spacial score (nSPS) is 37.5. The average Bonchev–Trinajstić information content (AvgIpc) is 3.31. The van der Waals surface area contributed by atoms with E-state index < -0.39 is 0 Å². The minimum atomic E-state index is -0.273. The van der Waals surface area contributed by atoms with Crippen LogP contribution in [0, 0.1) is 17.8 Å². The monoisotopic (exact) mass is 432 g/mol. The number of rotatable bonds is 3. The number of allylic oxidation sites excluding steroid dienone is 3. The molecule has 5 heteroatoms. The second-order valence-corrected chi connectivity index (χ2v) is 10.0. The molecule has 0 amide bonds. The molecule has 174 valence electrons. The Morgan fingerprint density at radius 3 is 2.65 bits per heavy atom. The zero-order valence-corrected chi connectivity index (χ0v) is 19.4. The Morgan fingerprint density at radius 2 is 1.84 bits per heavy atom. The fourth-order valence-corrected chi connectivity index (χ4v) is 5.85. The number of carbonyl (C=O) groups excluding carboxylic acids is 1. The van der Waals surface area contributed by atoms with Gasteiger partial charge in [0.1, 0.15) is 0 Å². The van der Waals surface area contributed by atoms with Crippen LogP contribution in [-0.2, 0) is 23.7 Å². The predicted octanol–water partition coefficient (Wildman–Crippen LogP) is 5.34. The number of fused-ring (bicyclic) bond motifs is 1. The number of hydrogen-bond acceptors (Lipinski definition) is 5. The number of ether oxygens (including phenoxy) is 4. The number of ketones is 1. The molecular formula is C26H40O5. The molecule has 1 saturated heterocycles. The van der Waals surface area contributed by atoms with Crippen LogP contribution in [0.2, 0.25) is 0 Å². The highest BCUT2D eigenvalue weighted by Crippen LogP contribution is 2.49. The molecule has 2 heterocycles. The Bertz CT molecular complexity index is 659. The molecule has 0 N–H and O–H groups in total. The molecule has 0 aromatic carbocycles. The average molecular weight is 433 g/mol. The summed E-state index contributed by atoms with van der Waals surface area (Å²) in [4.78, 5) is 13.2. The Kier molecular flexibility index (Phi) is 8.24. The van der Waals surface area contributed by atoms with Gasteiger partial charge in [-0.25, -0.2) is 0 Å². The first-order valence-corrected chi connectivity index (χ1v) is 12.5. The summed E-state index contributed by atoms with van der Waals surface area (Å²) in [6.45, 7) is 6.18. The van der Waals surface area contributed by atoms with E-state index in [1.807, 2.05) is 0 Å². The van der Waals surface area contributed by atoms with Crippen molar-refractivity contribution >= 4 is 5.78 Å². The highest BCUT2D eigenvalue weighted by atomic mass is 16.7. The molecule has 0 spiro atoms. The van der Waals surface area contributed by atoms with Gasteiger partial charge in [-0.15, -0.1) is 0 Å². The molecule has 0 aromatic rings. The minimum absolute atomic E-state index is 0.0362. The van der Waals surface area contributed by atoms with Crippen molar-refractivity contribution in [3.05, 3.63) is 23.5 Å². The minimum Gasteiger partial charge on any atom is -0.462 e. The van der Waals surface area contributed by atoms with Crippen LogP contribution in [0.3, 0.4) is 0 Å². The smallest absolute Gasteiger partial charge is 0.199 e. The number of hydrogen-bond donors (Lipinski definition) is 0. The molecule has 5 nitrogen and oxygen atoms in total. The standard InChI is InChI=1S/C26H40O5/c1-18(2)14-21-6-5-7-24(27)25(31-26-8-3-4-11-30-26)16-20-10-9-19-15-22(17-23(19)20)29-13-12-28-21/h14,16,19-23,26H,3-13,15,17H2,1-2H3/t19?,20-,21?,22?,23?,26?/m1/s1. The van der Waals surface area contributed by atoms with Gasteiger partial charge < -0.3 is 18.9 Å². The molecule has 4 rings (SSSR count). The van der Waals surface area contributed by atoms with Crippen molar-refractivity contribution < 1.29 is 23.7 Å². The summed E-state index contributed by atoms with van der Waals surface area (Å²) in [5, 5.41) is 0. The molecule has 0 radical (unpaired) electrons. The lowest BCUT2D eigenvalue weighted by molar-refractivity contribution is -0.150. The van der Waals surface area contributed by atoms with Gasteiger partial charge in [0.2, 0.25) is 0 Å². The van der Waals surface area contributed by atoms with E-state index in [0.717, 1.165) is 58.0 Å². The molecule has 3 fully saturated rings. The van der Waals surface area contributed by atoms with Crippen LogP contribution in [0.25, 0.3) is 0 Å². The fraction of sp³-hybridized carbons (Fsp3) is 0.808. The van der Waals surface area contributed by atoms with Gasteiger partial charge in [0.05, 0.1) is 32.0 Å². The van der Waals surface area contributed by atoms with Crippen LogP contribution in [0.5, 0.6) is 0 Å². The van der Waals surface area contributed by atoms with Gasteiger partial charge in [-0.3, -0.25) is 4.79 Å². The third kappa shape index (κ3) is 6.43. The van der Waals surface area contributed by atoms with Crippen LogP contribution in [0.1, 0.15) is 78.1 Å². The summed E-state index contributed by atoms with van der Waals surface area (Å²) in [5.41, 5.74) is 1.24. The molecule has 0 aromatic heterocycles. The largest absolute Gasteiger partial charge is 0.462 e. The topological polar surface area (TPSA) is 54.0 Å². The molecule has 6 atom stereocenters. The van der Waals surface area contributed by atoms with Gasteiger partial charge in [-0.05, 0) is 89.0 Å². The Labute approximate surface area is 187 Å².